The lowest BCUT2D eigenvalue weighted by Gasteiger charge is -2.23. The maximum Gasteiger partial charge on any atom is 0.344 e. The van der Waals surface area contributed by atoms with Crippen molar-refractivity contribution in [2.45, 2.75) is 32.0 Å². The molecule has 1 unspecified atom stereocenters. The number of carbonyl (C=O) groups excluding carboxylic acids is 1. The van der Waals surface area contributed by atoms with Crippen molar-refractivity contribution >= 4 is 6.03 Å². The number of amides is 2. The van der Waals surface area contributed by atoms with Crippen LogP contribution in [0, 0.1) is 12.3 Å². The molecule has 1 aromatic rings. The molecule has 0 aliphatic carbocycles. The predicted octanol–water partition coefficient (Wildman–Crippen LogP) is 2.44. The molecular formula is C14H16N2O2. The van der Waals surface area contributed by atoms with Gasteiger partial charge >= 0.3 is 6.03 Å². The Hall–Kier alpha value is -1.99. The van der Waals surface area contributed by atoms with Crippen molar-refractivity contribution in [3.05, 3.63) is 35.9 Å². The number of hydrogen-bond acceptors (Lipinski definition) is 2. The highest BCUT2D eigenvalue weighted by molar-refractivity contribution is 5.75. The van der Waals surface area contributed by atoms with E-state index in [1.165, 1.54) is 5.06 Å². The highest BCUT2D eigenvalue weighted by atomic mass is 16.8. The van der Waals surface area contributed by atoms with Gasteiger partial charge in [0.05, 0.1) is 0 Å². The standard InChI is InChI=1S/C14H16N2O2/c1-4-10-14(2,3)15-13(17)16-12(18-16)11-8-6-5-7-9-11/h1,5-9,12H,10H2,2-3H3,(H,15,17). The van der Waals surface area contributed by atoms with Crippen LogP contribution in [0.5, 0.6) is 0 Å². The summed E-state index contributed by atoms with van der Waals surface area (Å²) in [5.41, 5.74) is 0.529. The molecule has 2 rings (SSSR count). The predicted molar refractivity (Wildman–Crippen MR) is 68.2 cm³/mol. The second kappa shape index (κ2) is 4.71. The van der Waals surface area contributed by atoms with Crippen molar-refractivity contribution in [1.29, 1.82) is 0 Å². The molecule has 2 amide bonds. The second-order valence-electron chi connectivity index (χ2n) is 4.89. The van der Waals surface area contributed by atoms with Crippen molar-refractivity contribution in [3.8, 4) is 12.3 Å². The second-order valence-corrected chi connectivity index (χ2v) is 4.89. The highest BCUT2D eigenvalue weighted by Crippen LogP contribution is 2.36. The molecule has 1 aliphatic heterocycles. The van der Waals surface area contributed by atoms with Gasteiger partial charge in [-0.05, 0) is 13.8 Å². The molecule has 1 heterocycles. The normalized spacial score (nSPS) is 18.1. The minimum absolute atomic E-state index is 0.260. The Kier molecular flexibility index (Phi) is 3.26. The van der Waals surface area contributed by atoms with Crippen LogP contribution in [0.2, 0.25) is 0 Å². The SMILES string of the molecule is C#CCC(C)(C)NC(=O)N1OC1c1ccccc1. The van der Waals surface area contributed by atoms with Crippen LogP contribution in [0.1, 0.15) is 32.1 Å². The van der Waals surface area contributed by atoms with Gasteiger partial charge in [0.2, 0.25) is 6.23 Å². The first-order valence-corrected chi connectivity index (χ1v) is 5.80. The Morgan fingerprint density at radius 1 is 1.50 bits per heavy atom. The first-order valence-electron chi connectivity index (χ1n) is 5.80. The quantitative estimate of drug-likeness (QED) is 0.655. The van der Waals surface area contributed by atoms with Gasteiger partial charge in [0.25, 0.3) is 0 Å². The first kappa shape index (κ1) is 12.5. The Labute approximate surface area is 107 Å². The summed E-state index contributed by atoms with van der Waals surface area (Å²) in [5.74, 6) is 2.54. The zero-order valence-electron chi connectivity index (χ0n) is 10.5. The number of rotatable bonds is 3. The number of carbonyl (C=O) groups is 1. The summed E-state index contributed by atoms with van der Waals surface area (Å²) in [6.07, 6.45) is 5.44. The number of hydroxylamine groups is 2. The Balaban J connectivity index is 1.93. The summed E-state index contributed by atoms with van der Waals surface area (Å²) >= 11 is 0. The summed E-state index contributed by atoms with van der Waals surface area (Å²) in [4.78, 5) is 17.2. The van der Waals surface area contributed by atoms with Crippen LogP contribution >= 0.6 is 0 Å². The third-order valence-corrected chi connectivity index (χ3v) is 2.65. The Morgan fingerprint density at radius 3 is 2.78 bits per heavy atom. The Bertz CT molecular complexity index is 476. The maximum absolute atomic E-state index is 11.9. The molecule has 94 valence electrons. The summed E-state index contributed by atoms with van der Waals surface area (Å²) < 4.78 is 0. The average Bonchev–Trinajstić information content (AvgIpc) is 3.09. The summed E-state index contributed by atoms with van der Waals surface area (Å²) in [6, 6.07) is 9.33. The highest BCUT2D eigenvalue weighted by Gasteiger charge is 2.43. The number of nitrogens with zero attached hydrogens (tertiary/aromatic N) is 1. The van der Waals surface area contributed by atoms with Gasteiger partial charge in [0, 0.05) is 17.5 Å². The van der Waals surface area contributed by atoms with E-state index in [1.54, 1.807) is 0 Å². The number of benzene rings is 1. The van der Waals surface area contributed by atoms with Crippen LogP contribution in [-0.4, -0.2) is 16.6 Å². The third-order valence-electron chi connectivity index (χ3n) is 2.65. The molecule has 1 aliphatic rings. The van der Waals surface area contributed by atoms with E-state index in [0.717, 1.165) is 5.56 Å². The number of hydrogen-bond donors (Lipinski definition) is 1. The molecule has 1 saturated heterocycles. The van der Waals surface area contributed by atoms with Gasteiger partial charge in [-0.1, -0.05) is 30.3 Å². The van der Waals surface area contributed by atoms with E-state index in [2.05, 4.69) is 11.2 Å². The lowest BCUT2D eigenvalue weighted by Crippen LogP contribution is -2.45. The molecule has 1 N–H and O–H groups in total. The first-order chi connectivity index (χ1) is 8.53. The van der Waals surface area contributed by atoms with Crippen molar-refractivity contribution in [2.75, 3.05) is 0 Å². The van der Waals surface area contributed by atoms with Crippen LogP contribution in [0.25, 0.3) is 0 Å². The van der Waals surface area contributed by atoms with E-state index in [1.807, 2.05) is 44.2 Å². The molecule has 18 heavy (non-hydrogen) atoms. The Morgan fingerprint density at radius 2 is 2.17 bits per heavy atom. The minimum Gasteiger partial charge on any atom is -0.330 e. The van der Waals surface area contributed by atoms with E-state index in [0.29, 0.717) is 6.42 Å². The van der Waals surface area contributed by atoms with Crippen LogP contribution in [-0.2, 0) is 4.84 Å². The molecule has 4 nitrogen and oxygen atoms in total. The van der Waals surface area contributed by atoms with Gasteiger partial charge in [0.1, 0.15) is 0 Å². The van der Waals surface area contributed by atoms with Gasteiger partial charge < -0.3 is 5.32 Å². The molecular weight excluding hydrogens is 228 g/mol. The van der Waals surface area contributed by atoms with E-state index in [4.69, 9.17) is 11.3 Å². The van der Waals surface area contributed by atoms with Gasteiger partial charge in [-0.2, -0.15) is 5.06 Å². The van der Waals surface area contributed by atoms with Crippen molar-refractivity contribution in [1.82, 2.24) is 10.4 Å². The van der Waals surface area contributed by atoms with Gasteiger partial charge in [0.15, 0.2) is 0 Å². The smallest absolute Gasteiger partial charge is 0.330 e. The zero-order valence-corrected chi connectivity index (χ0v) is 10.5. The molecule has 0 saturated carbocycles. The number of terminal acetylenes is 1. The van der Waals surface area contributed by atoms with Crippen molar-refractivity contribution < 1.29 is 9.63 Å². The van der Waals surface area contributed by atoms with E-state index >= 15 is 0 Å². The van der Waals surface area contributed by atoms with Crippen LogP contribution < -0.4 is 5.32 Å². The van der Waals surface area contributed by atoms with Gasteiger partial charge in [-0.15, -0.1) is 12.3 Å². The largest absolute Gasteiger partial charge is 0.344 e. The van der Waals surface area contributed by atoms with E-state index in [9.17, 15) is 4.79 Å². The summed E-state index contributed by atoms with van der Waals surface area (Å²) in [5, 5.41) is 4.15. The monoisotopic (exact) mass is 244 g/mol. The molecule has 0 aromatic heterocycles. The van der Waals surface area contributed by atoms with Gasteiger partial charge in [-0.3, -0.25) is 0 Å². The lowest BCUT2D eigenvalue weighted by molar-refractivity contribution is 0.168. The van der Waals surface area contributed by atoms with Crippen LogP contribution in [0.4, 0.5) is 4.79 Å². The number of nitrogens with one attached hydrogen (secondary N) is 1. The molecule has 1 aromatic carbocycles. The molecule has 0 spiro atoms. The van der Waals surface area contributed by atoms with Crippen molar-refractivity contribution in [2.24, 2.45) is 0 Å². The van der Waals surface area contributed by atoms with E-state index < -0.39 is 5.54 Å². The third kappa shape index (κ3) is 2.82. The fourth-order valence-corrected chi connectivity index (χ4v) is 1.69. The molecule has 1 atom stereocenters. The van der Waals surface area contributed by atoms with Crippen molar-refractivity contribution in [3.63, 3.8) is 0 Å². The fourth-order valence-electron chi connectivity index (χ4n) is 1.69. The maximum atomic E-state index is 11.9. The topological polar surface area (TPSA) is 44.6 Å². The lowest BCUT2D eigenvalue weighted by atomic mass is 10.0. The molecule has 4 heteroatoms. The fraction of sp³-hybridized carbons (Fsp3) is 0.357. The zero-order chi connectivity index (χ0) is 13.2. The van der Waals surface area contributed by atoms with Crippen LogP contribution in [0.3, 0.4) is 0 Å². The minimum atomic E-state index is -0.432. The van der Waals surface area contributed by atoms with Crippen LogP contribution in [0.15, 0.2) is 30.3 Å². The molecule has 0 bridgehead atoms. The summed E-state index contributed by atoms with van der Waals surface area (Å²) in [7, 11) is 0. The van der Waals surface area contributed by atoms with Gasteiger partial charge in [-0.25, -0.2) is 9.63 Å². The molecule has 0 radical (unpaired) electrons. The number of urea groups is 1. The average molecular weight is 244 g/mol. The summed E-state index contributed by atoms with van der Waals surface area (Å²) in [6.45, 7) is 3.76. The molecule has 1 fully saturated rings. The van der Waals surface area contributed by atoms with E-state index in [-0.39, 0.29) is 12.3 Å².